The van der Waals surface area contributed by atoms with Gasteiger partial charge in [0.25, 0.3) is 0 Å². The number of hydrogen-bond acceptors (Lipinski definition) is 2. The first-order chi connectivity index (χ1) is 8.17. The van der Waals surface area contributed by atoms with Gasteiger partial charge in [0.05, 0.1) is 7.11 Å². The summed E-state index contributed by atoms with van der Waals surface area (Å²) in [5, 5.41) is 3.37. The van der Waals surface area contributed by atoms with Gasteiger partial charge in [-0.3, -0.25) is 0 Å². The van der Waals surface area contributed by atoms with E-state index in [1.807, 2.05) is 0 Å². The zero-order valence-electron chi connectivity index (χ0n) is 10.9. The second-order valence-electron chi connectivity index (χ2n) is 4.47. The third kappa shape index (κ3) is 4.73. The van der Waals surface area contributed by atoms with E-state index in [9.17, 15) is 4.39 Å². The molecule has 0 saturated carbocycles. The van der Waals surface area contributed by atoms with Crippen LogP contribution >= 0.6 is 0 Å². The molecule has 2 nitrogen and oxygen atoms in total. The maximum Gasteiger partial charge on any atom is 0.123 e. The number of rotatable bonds is 7. The molecule has 0 fully saturated rings. The van der Waals surface area contributed by atoms with E-state index < -0.39 is 0 Å². The standard InChI is InChI=1S/C14H22FNO/c1-4-7-16-10-11(2)8-12-9-13(15)5-6-14(12)17-3/h5-6,9,11,16H,4,7-8,10H2,1-3H3. The fraction of sp³-hybridized carbons (Fsp3) is 0.571. The van der Waals surface area contributed by atoms with Crippen molar-refractivity contribution in [3.63, 3.8) is 0 Å². The minimum absolute atomic E-state index is 0.200. The fourth-order valence-corrected chi connectivity index (χ4v) is 1.88. The summed E-state index contributed by atoms with van der Waals surface area (Å²) < 4.78 is 18.4. The number of methoxy groups -OCH3 is 1. The molecule has 0 aliphatic carbocycles. The molecule has 0 aliphatic heterocycles. The molecule has 1 unspecified atom stereocenters. The van der Waals surface area contributed by atoms with Crippen LogP contribution < -0.4 is 10.1 Å². The molecule has 0 aromatic heterocycles. The minimum Gasteiger partial charge on any atom is -0.496 e. The molecular weight excluding hydrogens is 217 g/mol. The smallest absolute Gasteiger partial charge is 0.123 e. The van der Waals surface area contributed by atoms with E-state index in [1.165, 1.54) is 6.07 Å². The normalized spacial score (nSPS) is 12.5. The van der Waals surface area contributed by atoms with Gasteiger partial charge in [-0.15, -0.1) is 0 Å². The predicted octanol–water partition coefficient (Wildman–Crippen LogP) is 3.01. The quantitative estimate of drug-likeness (QED) is 0.738. The van der Waals surface area contributed by atoms with Crippen LogP contribution in [0.2, 0.25) is 0 Å². The molecule has 0 amide bonds. The van der Waals surface area contributed by atoms with Gasteiger partial charge in [0.15, 0.2) is 0 Å². The number of ether oxygens (including phenoxy) is 1. The van der Waals surface area contributed by atoms with E-state index in [4.69, 9.17) is 4.74 Å². The Labute approximate surface area is 103 Å². The van der Waals surface area contributed by atoms with Crippen molar-refractivity contribution in [2.75, 3.05) is 20.2 Å². The van der Waals surface area contributed by atoms with Crippen LogP contribution in [0.25, 0.3) is 0 Å². The molecule has 1 aromatic carbocycles. The van der Waals surface area contributed by atoms with E-state index in [-0.39, 0.29) is 5.82 Å². The Bertz CT molecular complexity index is 341. The van der Waals surface area contributed by atoms with Gasteiger partial charge in [0, 0.05) is 0 Å². The summed E-state index contributed by atoms with van der Waals surface area (Å²) in [6.45, 7) is 6.29. The molecule has 17 heavy (non-hydrogen) atoms. The van der Waals surface area contributed by atoms with Crippen LogP contribution in [0.1, 0.15) is 25.8 Å². The molecule has 0 radical (unpaired) electrons. The second-order valence-corrected chi connectivity index (χ2v) is 4.47. The van der Waals surface area contributed by atoms with Gasteiger partial charge in [-0.2, -0.15) is 0 Å². The Kier molecular flexibility index (Phi) is 5.98. The van der Waals surface area contributed by atoms with Gasteiger partial charge in [-0.25, -0.2) is 4.39 Å². The number of halogens is 1. The summed E-state index contributed by atoms with van der Waals surface area (Å²) >= 11 is 0. The molecule has 1 rings (SSSR count). The predicted molar refractivity (Wildman–Crippen MR) is 69.0 cm³/mol. The maximum atomic E-state index is 13.2. The Morgan fingerprint density at radius 1 is 1.41 bits per heavy atom. The molecular formula is C14H22FNO. The van der Waals surface area contributed by atoms with Crippen molar-refractivity contribution in [1.82, 2.24) is 5.32 Å². The van der Waals surface area contributed by atoms with Gasteiger partial charge in [0.2, 0.25) is 0 Å². The fourth-order valence-electron chi connectivity index (χ4n) is 1.88. The Balaban J connectivity index is 2.57. The van der Waals surface area contributed by atoms with E-state index in [2.05, 4.69) is 19.2 Å². The highest BCUT2D eigenvalue weighted by Gasteiger charge is 2.09. The largest absolute Gasteiger partial charge is 0.496 e. The van der Waals surface area contributed by atoms with Crippen molar-refractivity contribution in [3.8, 4) is 5.75 Å². The van der Waals surface area contributed by atoms with Crippen LogP contribution in [0, 0.1) is 11.7 Å². The van der Waals surface area contributed by atoms with Crippen LogP contribution in [-0.2, 0) is 6.42 Å². The molecule has 0 bridgehead atoms. The first kappa shape index (κ1) is 14.0. The van der Waals surface area contributed by atoms with Crippen LogP contribution in [0.15, 0.2) is 18.2 Å². The van der Waals surface area contributed by atoms with Crippen molar-refractivity contribution in [1.29, 1.82) is 0 Å². The molecule has 0 spiro atoms. The Morgan fingerprint density at radius 3 is 2.82 bits per heavy atom. The topological polar surface area (TPSA) is 21.3 Å². The van der Waals surface area contributed by atoms with Crippen molar-refractivity contribution in [2.24, 2.45) is 5.92 Å². The van der Waals surface area contributed by atoms with Crippen LogP contribution in [0.4, 0.5) is 4.39 Å². The Morgan fingerprint density at radius 2 is 2.18 bits per heavy atom. The first-order valence-corrected chi connectivity index (χ1v) is 6.20. The minimum atomic E-state index is -0.200. The molecule has 96 valence electrons. The summed E-state index contributed by atoms with van der Waals surface area (Å²) in [7, 11) is 1.62. The van der Waals surface area contributed by atoms with Crippen molar-refractivity contribution >= 4 is 0 Å². The van der Waals surface area contributed by atoms with E-state index in [0.717, 1.165) is 37.2 Å². The van der Waals surface area contributed by atoms with E-state index in [1.54, 1.807) is 19.2 Å². The molecule has 1 N–H and O–H groups in total. The lowest BCUT2D eigenvalue weighted by atomic mass is 10.00. The lowest BCUT2D eigenvalue weighted by molar-refractivity contribution is 0.402. The molecule has 1 atom stereocenters. The summed E-state index contributed by atoms with van der Waals surface area (Å²) in [6, 6.07) is 4.69. The van der Waals surface area contributed by atoms with Gasteiger partial charge in [-0.05, 0) is 55.6 Å². The average molecular weight is 239 g/mol. The highest BCUT2D eigenvalue weighted by atomic mass is 19.1. The number of nitrogens with one attached hydrogen (secondary N) is 1. The van der Waals surface area contributed by atoms with Crippen molar-refractivity contribution < 1.29 is 9.13 Å². The van der Waals surface area contributed by atoms with Crippen LogP contribution in [0.3, 0.4) is 0 Å². The molecule has 0 saturated heterocycles. The third-order valence-electron chi connectivity index (χ3n) is 2.73. The highest BCUT2D eigenvalue weighted by Crippen LogP contribution is 2.22. The lowest BCUT2D eigenvalue weighted by Crippen LogP contribution is -2.23. The number of benzene rings is 1. The monoisotopic (exact) mass is 239 g/mol. The summed E-state index contributed by atoms with van der Waals surface area (Å²) in [6.07, 6.45) is 1.97. The summed E-state index contributed by atoms with van der Waals surface area (Å²) in [5.74, 6) is 1.04. The summed E-state index contributed by atoms with van der Waals surface area (Å²) in [4.78, 5) is 0. The lowest BCUT2D eigenvalue weighted by Gasteiger charge is -2.14. The third-order valence-corrected chi connectivity index (χ3v) is 2.73. The van der Waals surface area contributed by atoms with Gasteiger partial charge < -0.3 is 10.1 Å². The van der Waals surface area contributed by atoms with Crippen LogP contribution in [0.5, 0.6) is 5.75 Å². The number of hydrogen-bond donors (Lipinski definition) is 1. The molecule has 0 aliphatic rings. The first-order valence-electron chi connectivity index (χ1n) is 6.20. The summed E-state index contributed by atoms with van der Waals surface area (Å²) in [5.41, 5.74) is 0.943. The van der Waals surface area contributed by atoms with E-state index in [0.29, 0.717) is 5.92 Å². The van der Waals surface area contributed by atoms with Crippen molar-refractivity contribution in [2.45, 2.75) is 26.7 Å². The van der Waals surface area contributed by atoms with Gasteiger partial charge >= 0.3 is 0 Å². The second kappa shape index (κ2) is 7.28. The van der Waals surface area contributed by atoms with Gasteiger partial charge in [0.1, 0.15) is 11.6 Å². The maximum absolute atomic E-state index is 13.2. The van der Waals surface area contributed by atoms with Crippen LogP contribution in [-0.4, -0.2) is 20.2 Å². The molecule has 3 heteroatoms. The zero-order valence-corrected chi connectivity index (χ0v) is 10.9. The Hall–Kier alpha value is -1.09. The van der Waals surface area contributed by atoms with Crippen molar-refractivity contribution in [3.05, 3.63) is 29.6 Å². The molecule has 1 aromatic rings. The highest BCUT2D eigenvalue weighted by molar-refractivity contribution is 5.34. The van der Waals surface area contributed by atoms with Gasteiger partial charge in [-0.1, -0.05) is 13.8 Å². The molecule has 0 heterocycles. The van der Waals surface area contributed by atoms with E-state index >= 15 is 0 Å². The zero-order chi connectivity index (χ0) is 12.7. The SMILES string of the molecule is CCCNCC(C)Cc1cc(F)ccc1OC. The average Bonchev–Trinajstić information content (AvgIpc) is 2.29.